The van der Waals surface area contributed by atoms with Gasteiger partial charge in [0.15, 0.2) is 5.78 Å². The Morgan fingerprint density at radius 1 is 1.06 bits per heavy atom. The molecular formula is C13H16OS3. The lowest BCUT2D eigenvalue weighted by molar-refractivity contribution is 0.103. The van der Waals surface area contributed by atoms with Crippen molar-refractivity contribution in [3.05, 3.63) is 45.7 Å². The van der Waals surface area contributed by atoms with Crippen LogP contribution < -0.4 is 0 Å². The summed E-state index contributed by atoms with van der Waals surface area (Å²) in [5.74, 6) is 0.920. The van der Waals surface area contributed by atoms with Crippen LogP contribution >= 0.6 is 35.3 Å². The van der Waals surface area contributed by atoms with Crippen molar-refractivity contribution < 1.29 is 4.79 Å². The predicted octanol–water partition coefficient (Wildman–Crippen LogP) is 4.17. The topological polar surface area (TPSA) is 17.1 Å². The molecule has 4 heteroatoms. The van der Waals surface area contributed by atoms with Crippen molar-refractivity contribution in [2.24, 2.45) is 0 Å². The lowest BCUT2D eigenvalue weighted by atomic mass is 10.1. The van der Waals surface area contributed by atoms with Crippen molar-refractivity contribution in [3.8, 4) is 0 Å². The Kier molecular flexibility index (Phi) is 6.85. The van der Waals surface area contributed by atoms with E-state index in [0.29, 0.717) is 0 Å². The number of rotatable bonds is 6. The van der Waals surface area contributed by atoms with Crippen LogP contribution in [-0.4, -0.2) is 30.3 Å². The van der Waals surface area contributed by atoms with E-state index in [1.54, 1.807) is 35.3 Å². The lowest BCUT2D eigenvalue weighted by Gasteiger charge is -2.10. The minimum atomic E-state index is 0.152. The Hall–Kier alpha value is -0.320. The maximum atomic E-state index is 12.4. The van der Waals surface area contributed by atoms with Gasteiger partial charge in [0.25, 0.3) is 0 Å². The van der Waals surface area contributed by atoms with Crippen LogP contribution in [0.3, 0.4) is 0 Å². The second-order valence-electron chi connectivity index (χ2n) is 3.30. The molecule has 0 saturated carbocycles. The minimum absolute atomic E-state index is 0.152. The van der Waals surface area contributed by atoms with E-state index in [0.717, 1.165) is 21.1 Å². The largest absolute Gasteiger partial charge is 0.289 e. The van der Waals surface area contributed by atoms with Crippen LogP contribution in [0, 0.1) is 0 Å². The molecule has 0 fully saturated rings. The van der Waals surface area contributed by atoms with E-state index in [2.05, 4.69) is 0 Å². The van der Waals surface area contributed by atoms with Crippen molar-refractivity contribution in [1.29, 1.82) is 0 Å². The molecule has 0 aliphatic heterocycles. The van der Waals surface area contributed by atoms with Crippen molar-refractivity contribution in [3.63, 3.8) is 0 Å². The third-order valence-corrected chi connectivity index (χ3v) is 5.03. The van der Waals surface area contributed by atoms with E-state index in [-0.39, 0.29) is 5.78 Å². The monoisotopic (exact) mass is 284 g/mol. The third-order valence-electron chi connectivity index (χ3n) is 2.22. The van der Waals surface area contributed by atoms with Crippen LogP contribution in [-0.2, 0) is 0 Å². The molecule has 17 heavy (non-hydrogen) atoms. The van der Waals surface area contributed by atoms with Crippen molar-refractivity contribution in [1.82, 2.24) is 0 Å². The molecule has 0 bridgehead atoms. The van der Waals surface area contributed by atoms with Crippen molar-refractivity contribution in [2.45, 2.75) is 0 Å². The molecule has 1 aromatic rings. The van der Waals surface area contributed by atoms with Crippen molar-refractivity contribution >= 4 is 41.1 Å². The van der Waals surface area contributed by atoms with Gasteiger partial charge in [-0.05, 0) is 18.8 Å². The van der Waals surface area contributed by atoms with Gasteiger partial charge in [0.05, 0.1) is 0 Å². The molecule has 0 aromatic heterocycles. The first-order valence-corrected chi connectivity index (χ1v) is 8.98. The molecule has 0 aliphatic rings. The standard InChI is InChI=1S/C13H16OS3/c1-15-9-11(13(16-2)17-3)12(14)10-7-5-4-6-8-10/h4-8H,9H2,1-3H3. The van der Waals surface area contributed by atoms with E-state index < -0.39 is 0 Å². The molecular weight excluding hydrogens is 268 g/mol. The summed E-state index contributed by atoms with van der Waals surface area (Å²) in [5, 5.41) is 0. The maximum Gasteiger partial charge on any atom is 0.191 e. The fourth-order valence-corrected chi connectivity index (χ4v) is 3.69. The van der Waals surface area contributed by atoms with Gasteiger partial charge in [-0.25, -0.2) is 0 Å². The highest BCUT2D eigenvalue weighted by Gasteiger charge is 2.15. The fraction of sp³-hybridized carbons (Fsp3) is 0.308. The van der Waals surface area contributed by atoms with E-state index >= 15 is 0 Å². The zero-order valence-electron chi connectivity index (χ0n) is 10.2. The average molecular weight is 284 g/mol. The number of benzene rings is 1. The Morgan fingerprint density at radius 2 is 1.65 bits per heavy atom. The van der Waals surface area contributed by atoms with Gasteiger partial charge in [-0.3, -0.25) is 4.79 Å². The highest BCUT2D eigenvalue weighted by molar-refractivity contribution is 8.21. The molecule has 0 aliphatic carbocycles. The molecule has 92 valence electrons. The number of Topliss-reactive ketones (excluding diaryl/α,β-unsaturated/α-hetero) is 1. The van der Waals surface area contributed by atoms with Gasteiger partial charge in [0.1, 0.15) is 0 Å². The molecule has 0 N–H and O–H groups in total. The number of hydrogen-bond acceptors (Lipinski definition) is 4. The zero-order chi connectivity index (χ0) is 12.7. The number of carbonyl (C=O) groups is 1. The van der Waals surface area contributed by atoms with Gasteiger partial charge >= 0.3 is 0 Å². The molecule has 1 aromatic carbocycles. The number of carbonyl (C=O) groups excluding carboxylic acids is 1. The first-order chi connectivity index (χ1) is 8.24. The molecule has 0 atom stereocenters. The van der Waals surface area contributed by atoms with Gasteiger partial charge in [-0.1, -0.05) is 30.3 Å². The zero-order valence-corrected chi connectivity index (χ0v) is 12.7. The third kappa shape index (κ3) is 4.12. The highest BCUT2D eigenvalue weighted by atomic mass is 32.2. The first-order valence-electron chi connectivity index (χ1n) is 5.14. The SMILES string of the molecule is CSCC(C(=O)c1ccccc1)=C(SC)SC. The molecule has 0 heterocycles. The van der Waals surface area contributed by atoms with E-state index in [1.165, 1.54) is 0 Å². The van der Waals surface area contributed by atoms with E-state index in [4.69, 9.17) is 0 Å². The van der Waals surface area contributed by atoms with Crippen LogP contribution in [0.5, 0.6) is 0 Å². The summed E-state index contributed by atoms with van der Waals surface area (Å²) in [6.45, 7) is 0. The number of thioether (sulfide) groups is 3. The molecule has 1 rings (SSSR count). The summed E-state index contributed by atoms with van der Waals surface area (Å²) in [5.41, 5.74) is 1.70. The summed E-state index contributed by atoms with van der Waals surface area (Å²) in [6.07, 6.45) is 6.06. The van der Waals surface area contributed by atoms with E-state index in [1.807, 2.05) is 49.1 Å². The van der Waals surface area contributed by atoms with Crippen LogP contribution in [0.2, 0.25) is 0 Å². The quantitative estimate of drug-likeness (QED) is 0.576. The Balaban J connectivity index is 3.08. The summed E-state index contributed by atoms with van der Waals surface area (Å²) in [6, 6.07) is 9.49. The van der Waals surface area contributed by atoms with Gasteiger partial charge in [-0.15, -0.1) is 23.5 Å². The maximum absolute atomic E-state index is 12.4. The van der Waals surface area contributed by atoms with Crippen molar-refractivity contribution in [2.75, 3.05) is 24.5 Å². The minimum Gasteiger partial charge on any atom is -0.289 e. The smallest absolute Gasteiger partial charge is 0.191 e. The molecule has 0 spiro atoms. The Morgan fingerprint density at radius 3 is 2.12 bits per heavy atom. The molecule has 0 saturated heterocycles. The van der Waals surface area contributed by atoms with Gasteiger partial charge in [-0.2, -0.15) is 11.8 Å². The number of hydrogen-bond donors (Lipinski definition) is 0. The van der Waals surface area contributed by atoms with Gasteiger partial charge in [0.2, 0.25) is 0 Å². The van der Waals surface area contributed by atoms with E-state index in [9.17, 15) is 4.79 Å². The van der Waals surface area contributed by atoms with Gasteiger partial charge < -0.3 is 0 Å². The summed E-state index contributed by atoms with van der Waals surface area (Å²) in [4.78, 5) is 12.4. The molecule has 1 nitrogen and oxygen atoms in total. The molecule has 0 unspecified atom stereocenters. The number of ketones is 1. The van der Waals surface area contributed by atoms with Crippen LogP contribution in [0.15, 0.2) is 40.1 Å². The summed E-state index contributed by atoms with van der Waals surface area (Å²) in [7, 11) is 0. The molecule has 0 radical (unpaired) electrons. The normalized spacial score (nSPS) is 10.1. The summed E-state index contributed by atoms with van der Waals surface area (Å²) >= 11 is 4.99. The molecule has 0 amide bonds. The van der Waals surface area contributed by atoms with Gasteiger partial charge in [0, 0.05) is 21.1 Å². The van der Waals surface area contributed by atoms with Crippen LogP contribution in [0.1, 0.15) is 10.4 Å². The first kappa shape index (κ1) is 14.7. The second-order valence-corrected chi connectivity index (χ2v) is 6.06. The second kappa shape index (κ2) is 7.90. The average Bonchev–Trinajstić information content (AvgIpc) is 2.39. The van der Waals surface area contributed by atoms with Crippen LogP contribution in [0.4, 0.5) is 0 Å². The fourth-order valence-electron chi connectivity index (χ4n) is 1.45. The lowest BCUT2D eigenvalue weighted by Crippen LogP contribution is -2.07. The highest BCUT2D eigenvalue weighted by Crippen LogP contribution is 2.30. The van der Waals surface area contributed by atoms with Crippen LogP contribution in [0.25, 0.3) is 0 Å². The Bertz CT molecular complexity index is 392. The summed E-state index contributed by atoms with van der Waals surface area (Å²) < 4.78 is 1.12. The predicted molar refractivity (Wildman–Crippen MR) is 83.2 cm³/mol. The Labute approximate surface area is 116 Å².